The number of aryl methyl sites for hydroxylation is 1. The summed E-state index contributed by atoms with van der Waals surface area (Å²) in [6.45, 7) is 3.16. The lowest BCUT2D eigenvalue weighted by atomic mass is 10.4. The van der Waals surface area contributed by atoms with Crippen molar-refractivity contribution in [2.45, 2.75) is 37.6 Å². The molecular weight excluding hydrogens is 318 g/mol. The lowest BCUT2D eigenvalue weighted by molar-refractivity contribution is 0.476. The molecule has 0 bridgehead atoms. The minimum absolute atomic E-state index is 0.134. The summed E-state index contributed by atoms with van der Waals surface area (Å²) >= 11 is 0. The summed E-state index contributed by atoms with van der Waals surface area (Å²) in [6, 6.07) is 2.64. The van der Waals surface area contributed by atoms with E-state index in [-0.39, 0.29) is 17.0 Å². The van der Waals surface area contributed by atoms with Crippen LogP contribution >= 0.6 is 0 Å². The van der Waals surface area contributed by atoms with Crippen LogP contribution in [0.25, 0.3) is 0 Å². The van der Waals surface area contributed by atoms with Gasteiger partial charge >= 0.3 is 0 Å². The van der Waals surface area contributed by atoms with Crippen molar-refractivity contribution in [1.82, 2.24) is 24.1 Å². The quantitative estimate of drug-likeness (QED) is 0.849. The number of rotatable bonds is 5. The Kier molecular flexibility index (Phi) is 4.31. The third kappa shape index (κ3) is 3.20. The van der Waals surface area contributed by atoms with Crippen molar-refractivity contribution >= 4 is 10.0 Å². The summed E-state index contributed by atoms with van der Waals surface area (Å²) in [7, 11) is -3.54. The highest BCUT2D eigenvalue weighted by atomic mass is 32.2. The molecule has 0 unspecified atom stereocenters. The average Bonchev–Trinajstić information content (AvgIpc) is 3.20. The van der Waals surface area contributed by atoms with Crippen molar-refractivity contribution in [2.75, 3.05) is 13.1 Å². The Morgan fingerprint density at radius 3 is 2.65 bits per heavy atom. The Balaban J connectivity index is 1.91. The molecule has 2 aromatic heterocycles. The van der Waals surface area contributed by atoms with Crippen LogP contribution in [0.2, 0.25) is 0 Å². The summed E-state index contributed by atoms with van der Waals surface area (Å²) in [5.41, 5.74) is -0.278. The van der Waals surface area contributed by atoms with Gasteiger partial charge in [-0.25, -0.2) is 13.4 Å². The van der Waals surface area contributed by atoms with Crippen molar-refractivity contribution in [3.8, 4) is 0 Å². The van der Waals surface area contributed by atoms with Crippen LogP contribution in [-0.4, -0.2) is 45.6 Å². The monoisotopic (exact) mass is 337 g/mol. The van der Waals surface area contributed by atoms with Crippen LogP contribution < -0.4 is 5.56 Å². The van der Waals surface area contributed by atoms with Crippen LogP contribution in [-0.2, 0) is 23.0 Å². The van der Waals surface area contributed by atoms with Gasteiger partial charge in [0.25, 0.3) is 5.56 Å². The number of H-pyrrole nitrogens is 1. The second-order valence-electron chi connectivity index (χ2n) is 5.49. The smallest absolute Gasteiger partial charge is 0.251 e. The van der Waals surface area contributed by atoms with Gasteiger partial charge in [0, 0.05) is 31.8 Å². The number of pyridine rings is 1. The minimum atomic E-state index is -3.54. The number of sulfonamides is 1. The van der Waals surface area contributed by atoms with Gasteiger partial charge in [0.05, 0.1) is 11.4 Å². The first kappa shape index (κ1) is 15.9. The Labute approximate surface area is 134 Å². The van der Waals surface area contributed by atoms with E-state index in [1.54, 1.807) is 0 Å². The van der Waals surface area contributed by atoms with Gasteiger partial charge in [-0.05, 0) is 18.9 Å². The van der Waals surface area contributed by atoms with Crippen LogP contribution in [0.4, 0.5) is 0 Å². The maximum absolute atomic E-state index is 12.6. The van der Waals surface area contributed by atoms with Crippen LogP contribution in [0, 0.1) is 0 Å². The molecule has 0 radical (unpaired) electrons. The summed E-state index contributed by atoms with van der Waals surface area (Å²) < 4.78 is 27.9. The predicted octanol–water partition coefficient (Wildman–Crippen LogP) is 0.362. The molecule has 0 amide bonds. The van der Waals surface area contributed by atoms with Gasteiger partial charge in [0.1, 0.15) is 5.82 Å². The number of aromatic nitrogens is 4. The third-order valence-electron chi connectivity index (χ3n) is 3.87. The third-order valence-corrected chi connectivity index (χ3v) is 5.76. The van der Waals surface area contributed by atoms with Crippen molar-refractivity contribution in [3.63, 3.8) is 0 Å². The molecule has 1 aliphatic heterocycles. The molecule has 0 saturated carbocycles. The van der Waals surface area contributed by atoms with Gasteiger partial charge in [-0.2, -0.15) is 9.40 Å². The molecule has 0 atom stereocenters. The van der Waals surface area contributed by atoms with Gasteiger partial charge in [0.15, 0.2) is 5.82 Å². The van der Waals surface area contributed by atoms with E-state index in [2.05, 4.69) is 15.2 Å². The van der Waals surface area contributed by atoms with E-state index in [0.29, 0.717) is 31.2 Å². The maximum atomic E-state index is 12.6. The zero-order chi connectivity index (χ0) is 16.4. The highest BCUT2D eigenvalue weighted by Crippen LogP contribution is 2.19. The molecule has 0 spiro atoms. The highest BCUT2D eigenvalue weighted by molar-refractivity contribution is 7.89. The van der Waals surface area contributed by atoms with Crippen LogP contribution in [0.3, 0.4) is 0 Å². The number of aromatic amines is 1. The Hall–Kier alpha value is -2.00. The van der Waals surface area contributed by atoms with Crippen molar-refractivity contribution in [3.05, 3.63) is 40.3 Å². The van der Waals surface area contributed by atoms with Gasteiger partial charge in [0.2, 0.25) is 10.0 Å². The molecule has 8 nitrogen and oxygen atoms in total. The van der Waals surface area contributed by atoms with E-state index in [4.69, 9.17) is 0 Å². The molecule has 0 aromatic carbocycles. The molecule has 23 heavy (non-hydrogen) atoms. The molecular formula is C14H19N5O3S. The van der Waals surface area contributed by atoms with Crippen molar-refractivity contribution < 1.29 is 8.42 Å². The van der Waals surface area contributed by atoms with Gasteiger partial charge in [-0.15, -0.1) is 0 Å². The number of nitrogens with one attached hydrogen (secondary N) is 1. The zero-order valence-corrected chi connectivity index (χ0v) is 13.7. The molecule has 1 aliphatic rings. The Morgan fingerprint density at radius 2 is 2.00 bits per heavy atom. The second-order valence-corrected chi connectivity index (χ2v) is 7.43. The first-order valence-electron chi connectivity index (χ1n) is 7.61. The zero-order valence-electron chi connectivity index (χ0n) is 12.9. The largest absolute Gasteiger partial charge is 0.307 e. The molecule has 3 heterocycles. The first-order chi connectivity index (χ1) is 11.0. The second kappa shape index (κ2) is 6.25. The first-order valence-corrected chi connectivity index (χ1v) is 9.05. The molecule has 1 N–H and O–H groups in total. The van der Waals surface area contributed by atoms with Gasteiger partial charge in [-0.3, -0.25) is 9.89 Å². The van der Waals surface area contributed by atoms with Gasteiger partial charge in [-0.1, -0.05) is 6.92 Å². The van der Waals surface area contributed by atoms with E-state index in [0.717, 1.165) is 12.8 Å². The molecule has 1 saturated heterocycles. The number of hydrogen-bond donors (Lipinski definition) is 1. The Bertz CT molecular complexity index is 849. The summed E-state index contributed by atoms with van der Waals surface area (Å²) in [6.07, 6.45) is 3.81. The molecule has 0 aliphatic carbocycles. The number of hydrogen-bond acceptors (Lipinski definition) is 5. The van der Waals surface area contributed by atoms with E-state index in [9.17, 15) is 13.2 Å². The van der Waals surface area contributed by atoms with E-state index in [1.165, 1.54) is 27.2 Å². The van der Waals surface area contributed by atoms with Crippen molar-refractivity contribution in [2.24, 2.45) is 0 Å². The normalized spacial score (nSPS) is 16.0. The Morgan fingerprint density at radius 1 is 1.26 bits per heavy atom. The molecule has 124 valence electrons. The average molecular weight is 337 g/mol. The lowest BCUT2D eigenvalue weighted by Gasteiger charge is -2.16. The van der Waals surface area contributed by atoms with E-state index >= 15 is 0 Å². The minimum Gasteiger partial charge on any atom is -0.307 e. The van der Waals surface area contributed by atoms with Crippen LogP contribution in [0.1, 0.15) is 31.4 Å². The molecule has 1 fully saturated rings. The number of nitrogens with zero attached hydrogens (tertiary/aromatic N) is 4. The van der Waals surface area contributed by atoms with E-state index in [1.807, 2.05) is 6.92 Å². The molecule has 9 heteroatoms. The van der Waals surface area contributed by atoms with Crippen LogP contribution in [0.5, 0.6) is 0 Å². The van der Waals surface area contributed by atoms with Gasteiger partial charge < -0.3 is 4.57 Å². The topological polar surface area (TPSA) is 101 Å². The SMILES string of the molecule is CCc1n[nH]c(Cn2cc(S(=O)(=O)N3CCCC3)ccc2=O)n1. The summed E-state index contributed by atoms with van der Waals surface area (Å²) in [4.78, 5) is 16.4. The van der Waals surface area contributed by atoms with E-state index < -0.39 is 10.0 Å². The summed E-state index contributed by atoms with van der Waals surface area (Å²) in [5.74, 6) is 1.19. The predicted molar refractivity (Wildman–Crippen MR) is 83.6 cm³/mol. The van der Waals surface area contributed by atoms with Crippen LogP contribution in [0.15, 0.2) is 28.0 Å². The standard InChI is InChI=1S/C14H19N5O3S/c1-2-12-15-13(17-16-12)10-18-9-11(5-6-14(18)20)23(21,22)19-7-3-4-8-19/h5-6,9H,2-4,7-8,10H2,1H3,(H,15,16,17). The van der Waals surface area contributed by atoms with Crippen molar-refractivity contribution in [1.29, 1.82) is 0 Å². The lowest BCUT2D eigenvalue weighted by Crippen LogP contribution is -2.29. The molecule has 3 rings (SSSR count). The fourth-order valence-electron chi connectivity index (χ4n) is 2.59. The molecule has 2 aromatic rings. The maximum Gasteiger partial charge on any atom is 0.251 e. The highest BCUT2D eigenvalue weighted by Gasteiger charge is 2.27. The summed E-state index contributed by atoms with van der Waals surface area (Å²) in [5, 5.41) is 6.78. The fraction of sp³-hybridized carbons (Fsp3) is 0.500. The fourth-order valence-corrected chi connectivity index (χ4v) is 4.13.